The van der Waals surface area contributed by atoms with Gasteiger partial charge < -0.3 is 0 Å². The van der Waals surface area contributed by atoms with Crippen LogP contribution in [0, 0.1) is 11.8 Å². The summed E-state index contributed by atoms with van der Waals surface area (Å²) in [6, 6.07) is 4.21. The van der Waals surface area contributed by atoms with E-state index in [1.165, 1.54) is 56.7 Å². The van der Waals surface area contributed by atoms with Crippen molar-refractivity contribution in [3.63, 3.8) is 0 Å². The van der Waals surface area contributed by atoms with Crippen molar-refractivity contribution in [3.8, 4) is 11.8 Å². The van der Waals surface area contributed by atoms with Crippen molar-refractivity contribution >= 4 is 8.07 Å². The topological polar surface area (TPSA) is 0 Å². The molecule has 0 aliphatic rings. The van der Waals surface area contributed by atoms with Crippen LogP contribution in [0.5, 0.6) is 0 Å². The SMILES string of the molecule is CCCCCC#CCCCC/C=C/[Si](CC)(CC)CC. The van der Waals surface area contributed by atoms with Gasteiger partial charge in [0.05, 0.1) is 8.07 Å². The molecule has 0 aliphatic heterocycles. The number of hydrogen-bond donors (Lipinski definition) is 0. The lowest BCUT2D eigenvalue weighted by atomic mass is 10.2. The van der Waals surface area contributed by atoms with Crippen LogP contribution in [0.3, 0.4) is 0 Å². The lowest BCUT2D eigenvalue weighted by Crippen LogP contribution is -2.28. The maximum atomic E-state index is 3.32. The molecule has 1 heteroatoms. The largest absolute Gasteiger partial charge is 0.103 e. The van der Waals surface area contributed by atoms with Crippen LogP contribution in [0.2, 0.25) is 18.1 Å². The Hall–Kier alpha value is -0.483. The van der Waals surface area contributed by atoms with Crippen LogP contribution in [-0.4, -0.2) is 8.07 Å². The minimum absolute atomic E-state index is 1.02. The molecule has 0 radical (unpaired) electrons. The van der Waals surface area contributed by atoms with E-state index >= 15 is 0 Å². The molecule has 20 heavy (non-hydrogen) atoms. The van der Waals surface area contributed by atoms with Crippen LogP contribution in [-0.2, 0) is 0 Å². The molecule has 0 heterocycles. The molecule has 0 spiro atoms. The summed E-state index contributed by atoms with van der Waals surface area (Å²) >= 11 is 0. The van der Waals surface area contributed by atoms with E-state index in [-0.39, 0.29) is 0 Å². The molecule has 0 atom stereocenters. The van der Waals surface area contributed by atoms with Gasteiger partial charge in [-0.1, -0.05) is 70.4 Å². The summed E-state index contributed by atoms with van der Waals surface area (Å²) in [4.78, 5) is 0. The van der Waals surface area contributed by atoms with Gasteiger partial charge in [-0.25, -0.2) is 0 Å². The molecule has 0 aromatic carbocycles. The second kappa shape index (κ2) is 13.5. The lowest BCUT2D eigenvalue weighted by molar-refractivity contribution is 0.735. The molecule has 116 valence electrons. The predicted molar refractivity (Wildman–Crippen MR) is 96.7 cm³/mol. The Morgan fingerprint density at radius 1 is 0.750 bits per heavy atom. The monoisotopic (exact) mass is 292 g/mol. The highest BCUT2D eigenvalue weighted by molar-refractivity contribution is 6.84. The van der Waals surface area contributed by atoms with Crippen LogP contribution >= 0.6 is 0 Å². The van der Waals surface area contributed by atoms with Gasteiger partial charge in [-0.2, -0.15) is 0 Å². The van der Waals surface area contributed by atoms with Gasteiger partial charge in [0.2, 0.25) is 0 Å². The van der Waals surface area contributed by atoms with Crippen LogP contribution < -0.4 is 0 Å². The van der Waals surface area contributed by atoms with Gasteiger partial charge in [0, 0.05) is 12.8 Å². The molecule has 0 aromatic heterocycles. The van der Waals surface area contributed by atoms with Gasteiger partial charge >= 0.3 is 0 Å². The van der Waals surface area contributed by atoms with Gasteiger partial charge in [0.25, 0.3) is 0 Å². The summed E-state index contributed by atoms with van der Waals surface area (Å²) in [5, 5.41) is 0. The summed E-state index contributed by atoms with van der Waals surface area (Å²) in [6.45, 7) is 9.36. The number of unbranched alkanes of at least 4 members (excludes halogenated alkanes) is 6. The molecule has 0 saturated carbocycles. The summed E-state index contributed by atoms with van der Waals surface area (Å²) in [5.74, 6) is 6.62. The van der Waals surface area contributed by atoms with Crippen molar-refractivity contribution in [2.24, 2.45) is 0 Å². The summed E-state index contributed by atoms with van der Waals surface area (Å²) in [6.07, 6.45) is 12.4. The lowest BCUT2D eigenvalue weighted by Gasteiger charge is -2.23. The minimum Gasteiger partial charge on any atom is -0.103 e. The Morgan fingerprint density at radius 2 is 1.30 bits per heavy atom. The standard InChI is InChI=1S/C19H36Si/c1-5-9-10-11-12-13-14-15-16-17-18-19-20(6-2,7-3)8-4/h18-19H,5-11,14-17H2,1-4H3/b19-18+. The van der Waals surface area contributed by atoms with Crippen LogP contribution in [0.4, 0.5) is 0 Å². The van der Waals surface area contributed by atoms with E-state index in [1.54, 1.807) is 0 Å². The van der Waals surface area contributed by atoms with Crippen LogP contribution in [0.15, 0.2) is 11.8 Å². The van der Waals surface area contributed by atoms with E-state index in [0.29, 0.717) is 0 Å². The molecule has 0 amide bonds. The van der Waals surface area contributed by atoms with Gasteiger partial charge in [0.1, 0.15) is 0 Å². The summed E-state index contributed by atoms with van der Waals surface area (Å²) in [7, 11) is -1.02. The van der Waals surface area contributed by atoms with Crippen molar-refractivity contribution in [2.45, 2.75) is 97.2 Å². The first-order chi connectivity index (χ1) is 9.74. The second-order valence-electron chi connectivity index (χ2n) is 5.88. The van der Waals surface area contributed by atoms with Crippen molar-refractivity contribution < 1.29 is 0 Å². The van der Waals surface area contributed by atoms with Crippen molar-refractivity contribution in [1.82, 2.24) is 0 Å². The third kappa shape index (κ3) is 9.43. The van der Waals surface area contributed by atoms with Gasteiger partial charge in [-0.3, -0.25) is 0 Å². The van der Waals surface area contributed by atoms with Gasteiger partial charge in [0.15, 0.2) is 0 Å². The van der Waals surface area contributed by atoms with Gasteiger partial charge in [-0.15, -0.1) is 11.8 Å². The Kier molecular flexibility index (Phi) is 13.2. The highest BCUT2D eigenvalue weighted by Crippen LogP contribution is 2.21. The highest BCUT2D eigenvalue weighted by Gasteiger charge is 2.22. The normalized spacial score (nSPS) is 11.6. The zero-order chi connectivity index (χ0) is 15.1. The Morgan fingerprint density at radius 3 is 1.80 bits per heavy atom. The Labute approximate surface area is 129 Å². The van der Waals surface area contributed by atoms with Crippen molar-refractivity contribution in [1.29, 1.82) is 0 Å². The van der Waals surface area contributed by atoms with Crippen molar-refractivity contribution in [3.05, 3.63) is 11.8 Å². The zero-order valence-electron chi connectivity index (χ0n) is 14.4. The van der Waals surface area contributed by atoms with E-state index in [9.17, 15) is 0 Å². The Bertz CT molecular complexity index is 280. The fraction of sp³-hybridized carbons (Fsp3) is 0.789. The van der Waals surface area contributed by atoms with E-state index in [0.717, 1.165) is 12.8 Å². The van der Waals surface area contributed by atoms with Crippen LogP contribution in [0.1, 0.15) is 79.1 Å². The smallest absolute Gasteiger partial charge is 0.0766 e. The van der Waals surface area contributed by atoms with E-state index in [2.05, 4.69) is 51.3 Å². The molecule has 0 N–H and O–H groups in total. The molecule has 0 aromatic rings. The first-order valence-corrected chi connectivity index (χ1v) is 11.6. The molecule has 0 nitrogen and oxygen atoms in total. The second-order valence-corrected chi connectivity index (χ2v) is 11.1. The zero-order valence-corrected chi connectivity index (χ0v) is 15.4. The molecule has 0 bridgehead atoms. The third-order valence-electron chi connectivity index (χ3n) is 4.54. The van der Waals surface area contributed by atoms with E-state index in [4.69, 9.17) is 0 Å². The van der Waals surface area contributed by atoms with E-state index < -0.39 is 8.07 Å². The molecule has 0 rings (SSSR count). The molecule has 0 fully saturated rings. The fourth-order valence-corrected chi connectivity index (χ4v) is 5.43. The van der Waals surface area contributed by atoms with Crippen molar-refractivity contribution in [2.75, 3.05) is 0 Å². The number of allylic oxidation sites excluding steroid dienone is 1. The van der Waals surface area contributed by atoms with Gasteiger partial charge in [-0.05, 0) is 25.7 Å². The summed E-state index contributed by atoms with van der Waals surface area (Å²) in [5.41, 5.74) is 2.61. The maximum absolute atomic E-state index is 3.32. The maximum Gasteiger partial charge on any atom is 0.0766 e. The first-order valence-electron chi connectivity index (χ1n) is 8.88. The molecule has 0 aliphatic carbocycles. The quantitative estimate of drug-likeness (QED) is 0.225. The average molecular weight is 293 g/mol. The Balaban J connectivity index is 3.65. The van der Waals surface area contributed by atoms with E-state index in [1.807, 2.05) is 0 Å². The third-order valence-corrected chi connectivity index (χ3v) is 9.70. The number of rotatable bonds is 11. The predicted octanol–water partition coefficient (Wildman–Crippen LogP) is 6.73. The first kappa shape index (κ1) is 19.5. The average Bonchev–Trinajstić information content (AvgIpc) is 2.49. The minimum atomic E-state index is -1.02. The summed E-state index contributed by atoms with van der Waals surface area (Å²) < 4.78 is 0. The molecule has 0 saturated heterocycles. The highest BCUT2D eigenvalue weighted by atomic mass is 28.3. The van der Waals surface area contributed by atoms with Crippen LogP contribution in [0.25, 0.3) is 0 Å². The number of hydrogen-bond acceptors (Lipinski definition) is 0. The fourth-order valence-electron chi connectivity index (χ4n) is 2.55. The molecule has 0 unspecified atom stereocenters. The molecular weight excluding hydrogens is 256 g/mol. The molecular formula is C19H36Si.